The molecule has 0 unspecified atom stereocenters. The number of rotatable bonds is 4. The minimum absolute atomic E-state index is 0.195. The molecule has 1 N–H and O–H groups in total. The molecule has 2 fully saturated rings. The lowest BCUT2D eigenvalue weighted by Gasteiger charge is -2.35. The van der Waals surface area contributed by atoms with Crippen LogP contribution in [-0.4, -0.2) is 71.8 Å². The number of amides is 3. The van der Waals surface area contributed by atoms with Gasteiger partial charge in [0.05, 0.1) is 0 Å². The Morgan fingerprint density at radius 2 is 1.67 bits per heavy atom. The first-order valence-corrected chi connectivity index (χ1v) is 10.4. The average Bonchev–Trinajstić information content (AvgIpc) is 2.66. The first-order valence-electron chi connectivity index (χ1n) is 9.12. The third kappa shape index (κ3) is 4.80. The van der Waals surface area contributed by atoms with Crippen molar-refractivity contribution >= 4 is 29.5 Å². The Hall–Kier alpha value is -2.09. The summed E-state index contributed by atoms with van der Waals surface area (Å²) in [5, 5.41) is 3.41. The SMILES string of the molecule is CSC1CC(CNC(=O)C(=O)N2CCN(C(=O)c3ccc(F)cc3)CC2)C1. The van der Waals surface area contributed by atoms with Gasteiger partial charge in [0.15, 0.2) is 0 Å². The highest BCUT2D eigenvalue weighted by atomic mass is 32.2. The van der Waals surface area contributed by atoms with Crippen molar-refractivity contribution in [3.8, 4) is 0 Å². The molecule has 3 amide bonds. The van der Waals surface area contributed by atoms with Crippen molar-refractivity contribution < 1.29 is 18.8 Å². The molecule has 1 saturated carbocycles. The predicted octanol–water partition coefficient (Wildman–Crippen LogP) is 1.37. The van der Waals surface area contributed by atoms with E-state index in [1.807, 2.05) is 11.8 Å². The number of carbonyl (C=O) groups excluding carboxylic acids is 3. The van der Waals surface area contributed by atoms with E-state index in [9.17, 15) is 18.8 Å². The highest BCUT2D eigenvalue weighted by molar-refractivity contribution is 7.99. The zero-order valence-corrected chi connectivity index (χ0v) is 16.1. The molecule has 1 aromatic rings. The Kier molecular flexibility index (Phi) is 6.36. The van der Waals surface area contributed by atoms with Crippen LogP contribution in [-0.2, 0) is 9.59 Å². The van der Waals surface area contributed by atoms with E-state index < -0.39 is 11.8 Å². The molecule has 0 bridgehead atoms. The van der Waals surface area contributed by atoms with E-state index in [1.165, 1.54) is 29.2 Å². The lowest BCUT2D eigenvalue weighted by atomic mass is 9.85. The highest BCUT2D eigenvalue weighted by Crippen LogP contribution is 2.34. The van der Waals surface area contributed by atoms with Gasteiger partial charge in [-0.15, -0.1) is 0 Å². The standard InChI is InChI=1S/C19H24FN3O3S/c1-27-16-10-13(11-16)12-21-17(24)19(26)23-8-6-22(7-9-23)18(25)14-2-4-15(20)5-3-14/h2-5,13,16H,6-12H2,1H3,(H,21,24). The van der Waals surface area contributed by atoms with Crippen molar-refractivity contribution in [1.29, 1.82) is 0 Å². The van der Waals surface area contributed by atoms with E-state index >= 15 is 0 Å². The van der Waals surface area contributed by atoms with Gasteiger partial charge in [-0.1, -0.05) is 0 Å². The third-order valence-electron chi connectivity index (χ3n) is 5.22. The second kappa shape index (κ2) is 8.73. The maximum atomic E-state index is 13.0. The highest BCUT2D eigenvalue weighted by Gasteiger charge is 2.31. The van der Waals surface area contributed by atoms with Gasteiger partial charge in [0.1, 0.15) is 5.82 Å². The molecule has 146 valence electrons. The molecule has 0 aromatic heterocycles. The van der Waals surface area contributed by atoms with Gasteiger partial charge in [0.25, 0.3) is 5.91 Å². The second-order valence-corrected chi connectivity index (χ2v) is 8.13. The van der Waals surface area contributed by atoms with Crippen LogP contribution < -0.4 is 5.32 Å². The summed E-state index contributed by atoms with van der Waals surface area (Å²) in [7, 11) is 0. The molecule has 0 radical (unpaired) electrons. The Morgan fingerprint density at radius 1 is 1.07 bits per heavy atom. The van der Waals surface area contributed by atoms with Crippen LogP contribution in [0.5, 0.6) is 0 Å². The van der Waals surface area contributed by atoms with Crippen LogP contribution >= 0.6 is 11.8 Å². The van der Waals surface area contributed by atoms with Crippen LogP contribution in [0.4, 0.5) is 4.39 Å². The van der Waals surface area contributed by atoms with Crippen molar-refractivity contribution in [3.05, 3.63) is 35.6 Å². The van der Waals surface area contributed by atoms with Gasteiger partial charge >= 0.3 is 11.8 Å². The minimum atomic E-state index is -0.569. The molecule has 1 aromatic carbocycles. The molecule has 0 spiro atoms. The fourth-order valence-corrected chi connectivity index (χ4v) is 4.31. The number of thioether (sulfide) groups is 1. The monoisotopic (exact) mass is 393 g/mol. The summed E-state index contributed by atoms with van der Waals surface area (Å²) in [6.45, 7) is 1.89. The van der Waals surface area contributed by atoms with E-state index in [0.717, 1.165) is 12.8 Å². The predicted molar refractivity (Wildman–Crippen MR) is 102 cm³/mol. The number of carbonyl (C=O) groups is 3. The summed E-state index contributed by atoms with van der Waals surface area (Å²) in [6.07, 6.45) is 4.25. The number of hydrogen-bond donors (Lipinski definition) is 1. The first kappa shape index (κ1) is 19.7. The van der Waals surface area contributed by atoms with E-state index in [0.29, 0.717) is 49.5 Å². The van der Waals surface area contributed by atoms with E-state index in [2.05, 4.69) is 11.6 Å². The lowest BCUT2D eigenvalue weighted by Crippen LogP contribution is -2.54. The number of halogens is 1. The van der Waals surface area contributed by atoms with Gasteiger partial charge in [-0.05, 0) is 49.3 Å². The van der Waals surface area contributed by atoms with Crippen LogP contribution in [0, 0.1) is 11.7 Å². The topological polar surface area (TPSA) is 69.7 Å². The molecule has 6 nitrogen and oxygen atoms in total. The maximum absolute atomic E-state index is 13.0. The molecule has 2 aliphatic rings. The zero-order chi connectivity index (χ0) is 19.4. The molecular weight excluding hydrogens is 369 g/mol. The van der Waals surface area contributed by atoms with Crippen molar-refractivity contribution in [3.63, 3.8) is 0 Å². The molecule has 1 saturated heterocycles. The van der Waals surface area contributed by atoms with Gasteiger partial charge in [0, 0.05) is 43.5 Å². The number of piperazine rings is 1. The molecule has 1 heterocycles. The molecule has 8 heteroatoms. The molecule has 0 atom stereocenters. The third-order valence-corrected chi connectivity index (χ3v) is 6.27. The summed E-state index contributed by atoms with van der Waals surface area (Å²) < 4.78 is 13.0. The number of nitrogens with zero attached hydrogens (tertiary/aromatic N) is 2. The van der Waals surface area contributed by atoms with E-state index in [-0.39, 0.29) is 11.7 Å². The Morgan fingerprint density at radius 3 is 2.26 bits per heavy atom. The van der Waals surface area contributed by atoms with Crippen molar-refractivity contribution in [2.24, 2.45) is 5.92 Å². The van der Waals surface area contributed by atoms with Crippen molar-refractivity contribution in [2.45, 2.75) is 18.1 Å². The summed E-state index contributed by atoms with van der Waals surface area (Å²) >= 11 is 1.84. The molecule has 1 aliphatic carbocycles. The van der Waals surface area contributed by atoms with E-state index in [4.69, 9.17) is 0 Å². The molecule has 27 heavy (non-hydrogen) atoms. The largest absolute Gasteiger partial charge is 0.348 e. The van der Waals surface area contributed by atoms with Crippen molar-refractivity contribution in [2.75, 3.05) is 39.0 Å². The van der Waals surface area contributed by atoms with Crippen LogP contribution in [0.25, 0.3) is 0 Å². The normalized spacial score (nSPS) is 22.1. The number of hydrogen-bond acceptors (Lipinski definition) is 4. The van der Waals surface area contributed by atoms with Crippen LogP contribution in [0.1, 0.15) is 23.2 Å². The van der Waals surface area contributed by atoms with Gasteiger partial charge in [-0.2, -0.15) is 11.8 Å². The Labute approximate surface area is 162 Å². The van der Waals surface area contributed by atoms with Crippen molar-refractivity contribution in [1.82, 2.24) is 15.1 Å². The number of nitrogens with one attached hydrogen (secondary N) is 1. The first-order chi connectivity index (χ1) is 13.0. The Bertz CT molecular complexity index is 699. The second-order valence-electron chi connectivity index (χ2n) is 7.00. The maximum Gasteiger partial charge on any atom is 0.312 e. The average molecular weight is 393 g/mol. The van der Waals surface area contributed by atoms with Gasteiger partial charge in [-0.3, -0.25) is 14.4 Å². The summed E-state index contributed by atoms with van der Waals surface area (Å²) in [5.74, 6) is -1.23. The minimum Gasteiger partial charge on any atom is -0.348 e. The van der Waals surface area contributed by atoms with Gasteiger partial charge in [-0.25, -0.2) is 4.39 Å². The van der Waals surface area contributed by atoms with Crippen LogP contribution in [0.3, 0.4) is 0 Å². The fraction of sp³-hybridized carbons (Fsp3) is 0.526. The summed E-state index contributed by atoms with van der Waals surface area (Å²) in [6, 6.07) is 5.40. The summed E-state index contributed by atoms with van der Waals surface area (Å²) in [5.41, 5.74) is 0.415. The smallest absolute Gasteiger partial charge is 0.312 e. The lowest BCUT2D eigenvalue weighted by molar-refractivity contribution is -0.146. The van der Waals surface area contributed by atoms with Crippen LogP contribution in [0.15, 0.2) is 24.3 Å². The van der Waals surface area contributed by atoms with Gasteiger partial charge in [0.2, 0.25) is 0 Å². The molecule has 3 rings (SSSR count). The van der Waals surface area contributed by atoms with Gasteiger partial charge < -0.3 is 15.1 Å². The zero-order valence-electron chi connectivity index (χ0n) is 15.3. The summed E-state index contributed by atoms with van der Waals surface area (Å²) in [4.78, 5) is 39.9. The fourth-order valence-electron chi connectivity index (χ4n) is 3.38. The molecular formula is C19H24FN3O3S. The van der Waals surface area contributed by atoms with Crippen LogP contribution in [0.2, 0.25) is 0 Å². The quantitative estimate of drug-likeness (QED) is 0.785. The van der Waals surface area contributed by atoms with E-state index in [1.54, 1.807) is 4.90 Å². The molecule has 1 aliphatic heterocycles. The Balaban J connectivity index is 1.42. The number of benzene rings is 1.